The van der Waals surface area contributed by atoms with Crippen molar-refractivity contribution in [3.8, 4) is 5.75 Å². The predicted octanol–water partition coefficient (Wildman–Crippen LogP) is 4.57. The van der Waals surface area contributed by atoms with Crippen LogP contribution in [0.1, 0.15) is 6.42 Å². The Kier molecular flexibility index (Phi) is 7.44. The Bertz CT molecular complexity index is 1380. The molecule has 3 aromatic rings. The summed E-state index contributed by atoms with van der Waals surface area (Å²) >= 11 is 6.79. The van der Waals surface area contributed by atoms with Gasteiger partial charge in [0.05, 0.1) is 17.7 Å². The number of hydrogen-bond donors (Lipinski definition) is 1. The molecule has 0 aliphatic carbocycles. The summed E-state index contributed by atoms with van der Waals surface area (Å²) in [6.07, 6.45) is -0.177. The number of sulfonamides is 1. The fourth-order valence-electron chi connectivity index (χ4n) is 3.32. The summed E-state index contributed by atoms with van der Waals surface area (Å²) in [7, 11) is -2.61. The summed E-state index contributed by atoms with van der Waals surface area (Å²) in [5.41, 5.74) is 0.967. The number of ether oxygens (including phenoxy) is 1. The second-order valence-electron chi connectivity index (χ2n) is 7.40. The van der Waals surface area contributed by atoms with E-state index in [-0.39, 0.29) is 16.5 Å². The number of rotatable bonds is 7. The number of thioether (sulfide) groups is 1. The SMILES string of the molecule is COc1cccc(NC(=O)CC2S/C(=N/S(=O)(=O)c3ccc(Cl)cc3)N(c3ccccc3)C2=O)c1. The first-order valence-electron chi connectivity index (χ1n) is 10.4. The van der Waals surface area contributed by atoms with Crippen LogP contribution in [0.3, 0.4) is 0 Å². The molecule has 35 heavy (non-hydrogen) atoms. The number of methoxy groups -OCH3 is 1. The Morgan fingerprint density at radius 2 is 1.80 bits per heavy atom. The maximum atomic E-state index is 13.3. The summed E-state index contributed by atoms with van der Waals surface area (Å²) in [6.45, 7) is 0. The van der Waals surface area contributed by atoms with Crippen molar-refractivity contribution in [2.45, 2.75) is 16.6 Å². The maximum Gasteiger partial charge on any atom is 0.284 e. The molecule has 11 heteroatoms. The molecule has 1 aliphatic heterocycles. The van der Waals surface area contributed by atoms with E-state index in [1.807, 2.05) is 0 Å². The highest BCUT2D eigenvalue weighted by atomic mass is 35.5. The van der Waals surface area contributed by atoms with E-state index in [1.165, 1.54) is 36.3 Å². The molecular weight excluding hydrogens is 510 g/mol. The molecule has 180 valence electrons. The molecule has 1 saturated heterocycles. The number of amidine groups is 1. The van der Waals surface area contributed by atoms with Crippen LogP contribution in [0.25, 0.3) is 0 Å². The lowest BCUT2D eigenvalue weighted by molar-refractivity contribution is -0.121. The number of nitrogens with one attached hydrogen (secondary N) is 1. The van der Waals surface area contributed by atoms with Gasteiger partial charge in [-0.1, -0.05) is 47.6 Å². The van der Waals surface area contributed by atoms with Crippen molar-refractivity contribution in [3.05, 3.63) is 83.9 Å². The predicted molar refractivity (Wildman–Crippen MR) is 138 cm³/mol. The molecule has 0 bridgehead atoms. The molecule has 1 heterocycles. The quantitative estimate of drug-likeness (QED) is 0.480. The Hall–Kier alpha value is -3.34. The lowest BCUT2D eigenvalue weighted by atomic mass is 10.2. The van der Waals surface area contributed by atoms with Gasteiger partial charge in [-0.25, -0.2) is 0 Å². The van der Waals surface area contributed by atoms with E-state index in [2.05, 4.69) is 9.71 Å². The van der Waals surface area contributed by atoms with Crippen molar-refractivity contribution < 1.29 is 22.7 Å². The number of nitrogens with zero attached hydrogens (tertiary/aromatic N) is 2. The molecule has 3 aromatic carbocycles. The molecule has 1 N–H and O–H groups in total. The fraction of sp³-hybridized carbons (Fsp3) is 0.125. The number of anilines is 2. The highest BCUT2D eigenvalue weighted by Crippen LogP contribution is 2.35. The minimum atomic E-state index is -4.13. The van der Waals surface area contributed by atoms with Crippen LogP contribution in [-0.4, -0.2) is 37.8 Å². The molecule has 0 spiro atoms. The summed E-state index contributed by atoms with van der Waals surface area (Å²) in [4.78, 5) is 27.1. The minimum absolute atomic E-state index is 0.0321. The van der Waals surface area contributed by atoms with Gasteiger partial charge in [0, 0.05) is 23.2 Å². The lowest BCUT2D eigenvalue weighted by Gasteiger charge is -2.16. The topological polar surface area (TPSA) is 105 Å². The Balaban J connectivity index is 1.61. The molecule has 8 nitrogen and oxygen atoms in total. The number of carbonyl (C=O) groups excluding carboxylic acids is 2. The van der Waals surface area contributed by atoms with Gasteiger partial charge in [0.15, 0.2) is 5.17 Å². The van der Waals surface area contributed by atoms with Gasteiger partial charge < -0.3 is 10.1 Å². The van der Waals surface area contributed by atoms with Gasteiger partial charge in [0.2, 0.25) is 11.8 Å². The molecule has 1 aliphatic rings. The second-order valence-corrected chi connectivity index (χ2v) is 10.6. The molecular formula is C24H20ClN3O5S2. The van der Waals surface area contributed by atoms with Gasteiger partial charge in [-0.3, -0.25) is 14.5 Å². The summed E-state index contributed by atoms with van der Waals surface area (Å²) in [5.74, 6) is -0.267. The monoisotopic (exact) mass is 529 g/mol. The van der Waals surface area contributed by atoms with E-state index in [0.717, 1.165) is 11.8 Å². The van der Waals surface area contributed by atoms with Crippen molar-refractivity contribution in [2.24, 2.45) is 4.40 Å². The molecule has 4 rings (SSSR count). The minimum Gasteiger partial charge on any atom is -0.497 e. The third-order valence-corrected chi connectivity index (χ3v) is 7.77. The highest BCUT2D eigenvalue weighted by Gasteiger charge is 2.41. The van der Waals surface area contributed by atoms with Crippen LogP contribution in [0.15, 0.2) is 88.2 Å². The number of hydrogen-bond acceptors (Lipinski definition) is 6. The molecule has 0 radical (unpaired) electrons. The summed E-state index contributed by atoms with van der Waals surface area (Å²) in [5, 5.41) is 2.23. The first-order chi connectivity index (χ1) is 16.8. The molecule has 1 fully saturated rings. The third-order valence-electron chi connectivity index (χ3n) is 4.98. The van der Waals surface area contributed by atoms with Crippen LogP contribution < -0.4 is 15.0 Å². The average molecular weight is 530 g/mol. The zero-order valence-electron chi connectivity index (χ0n) is 18.4. The van der Waals surface area contributed by atoms with Gasteiger partial charge in [0.25, 0.3) is 10.0 Å². The van der Waals surface area contributed by atoms with Crippen molar-refractivity contribution in [3.63, 3.8) is 0 Å². The van der Waals surface area contributed by atoms with E-state index < -0.39 is 27.1 Å². The number of halogens is 1. The first kappa shape index (κ1) is 24.8. The van der Waals surface area contributed by atoms with Crippen molar-refractivity contribution in [2.75, 3.05) is 17.3 Å². The lowest BCUT2D eigenvalue weighted by Crippen LogP contribution is -2.33. The number of amides is 2. The van der Waals surface area contributed by atoms with Crippen LogP contribution >= 0.6 is 23.4 Å². The molecule has 0 aromatic heterocycles. The van der Waals surface area contributed by atoms with Crippen LogP contribution in [-0.2, 0) is 19.6 Å². The van der Waals surface area contributed by atoms with Gasteiger partial charge in [-0.15, -0.1) is 4.40 Å². The normalized spacial score (nSPS) is 17.0. The molecule has 1 unspecified atom stereocenters. The number of benzene rings is 3. The third kappa shape index (κ3) is 5.84. The van der Waals surface area contributed by atoms with Gasteiger partial charge in [0.1, 0.15) is 11.0 Å². The van der Waals surface area contributed by atoms with Crippen LogP contribution in [0.5, 0.6) is 5.75 Å². The first-order valence-corrected chi connectivity index (χ1v) is 13.1. The van der Waals surface area contributed by atoms with Crippen molar-refractivity contribution in [1.29, 1.82) is 0 Å². The Labute approximate surface area is 212 Å². The Morgan fingerprint density at radius 1 is 1.09 bits per heavy atom. The van der Waals surface area contributed by atoms with Crippen molar-refractivity contribution >= 4 is 61.7 Å². The van der Waals surface area contributed by atoms with Crippen LogP contribution in [0, 0.1) is 0 Å². The number of carbonyl (C=O) groups is 2. The van der Waals surface area contributed by atoms with Gasteiger partial charge >= 0.3 is 0 Å². The molecule has 0 saturated carbocycles. The fourth-order valence-corrected chi connectivity index (χ4v) is 5.78. The van der Waals surface area contributed by atoms with Gasteiger partial charge in [-0.05, 0) is 48.5 Å². The standard InChI is InChI=1S/C24H20ClN3O5S2/c1-33-19-9-5-6-17(14-19)26-22(29)15-21-23(30)28(18-7-3-2-4-8-18)24(34-21)27-35(31,32)20-12-10-16(25)11-13-20/h2-14,21H,15H2,1H3,(H,26,29)/b27-24+. The highest BCUT2D eigenvalue weighted by molar-refractivity contribution is 8.16. The van der Waals surface area contributed by atoms with Gasteiger partial charge in [-0.2, -0.15) is 8.42 Å². The van der Waals surface area contributed by atoms with Crippen LogP contribution in [0.2, 0.25) is 5.02 Å². The average Bonchev–Trinajstić information content (AvgIpc) is 3.13. The summed E-state index contributed by atoms with van der Waals surface area (Å²) < 4.78 is 35.0. The van der Waals surface area contributed by atoms with E-state index >= 15 is 0 Å². The Morgan fingerprint density at radius 3 is 2.49 bits per heavy atom. The van der Waals surface area contributed by atoms with E-state index in [0.29, 0.717) is 22.1 Å². The van der Waals surface area contributed by atoms with E-state index in [1.54, 1.807) is 54.6 Å². The molecule has 1 atom stereocenters. The second kappa shape index (κ2) is 10.5. The smallest absolute Gasteiger partial charge is 0.284 e. The zero-order chi connectivity index (χ0) is 25.0. The largest absolute Gasteiger partial charge is 0.497 e. The zero-order valence-corrected chi connectivity index (χ0v) is 20.8. The number of para-hydroxylation sites is 1. The van der Waals surface area contributed by atoms with E-state index in [9.17, 15) is 18.0 Å². The summed E-state index contributed by atoms with van der Waals surface area (Å²) in [6, 6.07) is 21.0. The van der Waals surface area contributed by atoms with Crippen LogP contribution in [0.4, 0.5) is 11.4 Å². The van der Waals surface area contributed by atoms with Crippen molar-refractivity contribution in [1.82, 2.24) is 0 Å². The maximum absolute atomic E-state index is 13.3. The molecule has 2 amide bonds. The van der Waals surface area contributed by atoms with E-state index in [4.69, 9.17) is 16.3 Å².